The van der Waals surface area contributed by atoms with Gasteiger partial charge in [-0.05, 0) is 42.3 Å². The quantitative estimate of drug-likeness (QED) is 0.460. The minimum Gasteiger partial charge on any atom is -0.340 e. The van der Waals surface area contributed by atoms with E-state index in [-0.39, 0.29) is 0 Å². The van der Waals surface area contributed by atoms with E-state index in [0.29, 0.717) is 11.5 Å². The second-order valence-corrected chi connectivity index (χ2v) is 6.51. The van der Waals surface area contributed by atoms with Gasteiger partial charge in [0.15, 0.2) is 0 Å². The highest BCUT2D eigenvalue weighted by molar-refractivity contribution is 5.88. The SMILES string of the molecule is CCc1c(-c2cc(Nc3ccc(C(F)(F)F)cc3)ncn2)ccc2cccnc12. The van der Waals surface area contributed by atoms with Gasteiger partial charge in [-0.2, -0.15) is 13.2 Å². The number of hydrogen-bond acceptors (Lipinski definition) is 4. The van der Waals surface area contributed by atoms with Crippen LogP contribution in [-0.4, -0.2) is 15.0 Å². The molecule has 2 aromatic heterocycles. The molecule has 1 N–H and O–H groups in total. The van der Waals surface area contributed by atoms with Crippen LogP contribution in [0.4, 0.5) is 24.7 Å². The molecule has 0 saturated heterocycles. The zero-order chi connectivity index (χ0) is 20.4. The molecule has 4 nitrogen and oxygen atoms in total. The number of fused-ring (bicyclic) bond motifs is 1. The van der Waals surface area contributed by atoms with Crippen LogP contribution in [0, 0.1) is 0 Å². The molecule has 0 fully saturated rings. The number of benzene rings is 2. The third kappa shape index (κ3) is 3.89. The fourth-order valence-corrected chi connectivity index (χ4v) is 3.27. The second kappa shape index (κ2) is 7.50. The van der Waals surface area contributed by atoms with Crippen LogP contribution in [0.15, 0.2) is 67.1 Å². The summed E-state index contributed by atoms with van der Waals surface area (Å²) < 4.78 is 38.2. The summed E-state index contributed by atoms with van der Waals surface area (Å²) in [5.74, 6) is 0.498. The van der Waals surface area contributed by atoms with Gasteiger partial charge in [-0.3, -0.25) is 4.98 Å². The van der Waals surface area contributed by atoms with Crippen molar-refractivity contribution < 1.29 is 13.2 Å². The number of aryl methyl sites for hydroxylation is 1. The highest BCUT2D eigenvalue weighted by atomic mass is 19.4. The zero-order valence-corrected chi connectivity index (χ0v) is 15.5. The fraction of sp³-hybridized carbons (Fsp3) is 0.136. The lowest BCUT2D eigenvalue weighted by Gasteiger charge is -2.12. The van der Waals surface area contributed by atoms with E-state index in [1.807, 2.05) is 24.3 Å². The molecule has 0 aliphatic rings. The molecule has 29 heavy (non-hydrogen) atoms. The van der Waals surface area contributed by atoms with Gasteiger partial charge in [-0.25, -0.2) is 9.97 Å². The molecule has 0 aliphatic carbocycles. The number of rotatable bonds is 4. The zero-order valence-electron chi connectivity index (χ0n) is 15.5. The van der Waals surface area contributed by atoms with Gasteiger partial charge in [-0.15, -0.1) is 0 Å². The Morgan fingerprint density at radius 3 is 2.45 bits per heavy atom. The monoisotopic (exact) mass is 394 g/mol. The number of pyridine rings is 1. The third-order valence-electron chi connectivity index (χ3n) is 4.66. The maximum Gasteiger partial charge on any atom is 0.416 e. The molecule has 0 radical (unpaired) electrons. The van der Waals surface area contributed by atoms with Crippen LogP contribution < -0.4 is 5.32 Å². The lowest BCUT2D eigenvalue weighted by Crippen LogP contribution is -2.04. The molecule has 0 atom stereocenters. The summed E-state index contributed by atoms with van der Waals surface area (Å²) in [5, 5.41) is 4.09. The predicted octanol–water partition coefficient (Wildman–Crippen LogP) is 6.02. The predicted molar refractivity (Wildman–Crippen MR) is 107 cm³/mol. The molecule has 0 amide bonds. The standard InChI is InChI=1S/C22H17F3N4/c1-2-17-18(10-5-14-4-3-11-26-21(14)17)19-12-20(28-13-27-19)29-16-8-6-15(7-9-16)22(23,24)25/h3-13H,2H2,1H3,(H,27,28,29). The van der Waals surface area contributed by atoms with Crippen molar-refractivity contribution in [3.8, 4) is 11.3 Å². The van der Waals surface area contributed by atoms with Gasteiger partial charge in [0.05, 0.1) is 16.8 Å². The molecule has 0 aliphatic heterocycles. The first-order valence-electron chi connectivity index (χ1n) is 9.09. The average Bonchev–Trinajstić information content (AvgIpc) is 2.73. The summed E-state index contributed by atoms with van der Waals surface area (Å²) in [6, 6.07) is 14.5. The number of aromatic nitrogens is 3. The largest absolute Gasteiger partial charge is 0.416 e. The molecule has 0 bridgehead atoms. The Balaban J connectivity index is 1.67. The summed E-state index contributed by atoms with van der Waals surface area (Å²) in [5.41, 5.74) is 3.52. The molecule has 146 valence electrons. The molecule has 0 spiro atoms. The Morgan fingerprint density at radius 2 is 1.72 bits per heavy atom. The topological polar surface area (TPSA) is 50.7 Å². The van der Waals surface area contributed by atoms with E-state index in [0.717, 1.165) is 46.3 Å². The van der Waals surface area contributed by atoms with E-state index < -0.39 is 11.7 Å². The third-order valence-corrected chi connectivity index (χ3v) is 4.66. The van der Waals surface area contributed by atoms with Crippen molar-refractivity contribution in [3.63, 3.8) is 0 Å². The van der Waals surface area contributed by atoms with E-state index >= 15 is 0 Å². The van der Waals surface area contributed by atoms with Crippen molar-refractivity contribution in [1.82, 2.24) is 15.0 Å². The molecule has 4 aromatic rings. The summed E-state index contributed by atoms with van der Waals surface area (Å²) in [7, 11) is 0. The van der Waals surface area contributed by atoms with Crippen LogP contribution in [-0.2, 0) is 12.6 Å². The summed E-state index contributed by atoms with van der Waals surface area (Å²) >= 11 is 0. The summed E-state index contributed by atoms with van der Waals surface area (Å²) in [4.78, 5) is 13.1. The van der Waals surface area contributed by atoms with Crippen molar-refractivity contribution in [2.75, 3.05) is 5.32 Å². The van der Waals surface area contributed by atoms with Gasteiger partial charge < -0.3 is 5.32 Å². The molecule has 0 unspecified atom stereocenters. The van der Waals surface area contributed by atoms with Gasteiger partial charge in [0.25, 0.3) is 0 Å². The smallest absolute Gasteiger partial charge is 0.340 e. The highest BCUT2D eigenvalue weighted by Gasteiger charge is 2.29. The minimum atomic E-state index is -4.36. The Bertz CT molecular complexity index is 1150. The van der Waals surface area contributed by atoms with Crippen molar-refractivity contribution in [3.05, 3.63) is 78.2 Å². The number of nitrogens with one attached hydrogen (secondary N) is 1. The summed E-state index contributed by atoms with van der Waals surface area (Å²) in [6.07, 6.45) is -0.372. The lowest BCUT2D eigenvalue weighted by atomic mass is 9.98. The number of anilines is 2. The van der Waals surface area contributed by atoms with Gasteiger partial charge in [0.2, 0.25) is 0 Å². The van der Waals surface area contributed by atoms with Crippen molar-refractivity contribution >= 4 is 22.4 Å². The normalized spacial score (nSPS) is 11.6. The number of alkyl halides is 3. The highest BCUT2D eigenvalue weighted by Crippen LogP contribution is 2.31. The van der Waals surface area contributed by atoms with E-state index in [9.17, 15) is 13.2 Å². The molecule has 2 aromatic carbocycles. The fourth-order valence-electron chi connectivity index (χ4n) is 3.27. The van der Waals surface area contributed by atoms with E-state index in [1.54, 1.807) is 12.3 Å². The van der Waals surface area contributed by atoms with Gasteiger partial charge in [0, 0.05) is 28.9 Å². The second-order valence-electron chi connectivity index (χ2n) is 6.51. The van der Waals surface area contributed by atoms with Crippen LogP contribution in [0.3, 0.4) is 0 Å². The summed E-state index contributed by atoms with van der Waals surface area (Å²) in [6.45, 7) is 2.06. The van der Waals surface area contributed by atoms with Gasteiger partial charge in [0.1, 0.15) is 12.1 Å². The van der Waals surface area contributed by atoms with Gasteiger partial charge >= 0.3 is 6.18 Å². The van der Waals surface area contributed by atoms with Crippen LogP contribution in [0.5, 0.6) is 0 Å². The van der Waals surface area contributed by atoms with E-state index in [2.05, 4.69) is 27.2 Å². The first kappa shape index (κ1) is 18.9. The first-order chi connectivity index (χ1) is 14.0. The van der Waals surface area contributed by atoms with Crippen LogP contribution >= 0.6 is 0 Å². The first-order valence-corrected chi connectivity index (χ1v) is 9.09. The van der Waals surface area contributed by atoms with Gasteiger partial charge in [-0.1, -0.05) is 25.1 Å². The number of nitrogens with zero attached hydrogens (tertiary/aromatic N) is 3. The van der Waals surface area contributed by atoms with Crippen molar-refractivity contribution in [1.29, 1.82) is 0 Å². The Kier molecular flexibility index (Phi) is 4.88. The molecule has 2 heterocycles. The molecule has 0 saturated carbocycles. The van der Waals surface area contributed by atoms with Crippen LogP contribution in [0.2, 0.25) is 0 Å². The van der Waals surface area contributed by atoms with Crippen molar-refractivity contribution in [2.24, 2.45) is 0 Å². The molecular formula is C22H17F3N4. The molecule has 4 rings (SSSR count). The number of halogens is 3. The van der Waals surface area contributed by atoms with Crippen LogP contribution in [0.25, 0.3) is 22.2 Å². The minimum absolute atomic E-state index is 0.498. The average molecular weight is 394 g/mol. The van der Waals surface area contributed by atoms with E-state index in [1.165, 1.54) is 18.5 Å². The number of hydrogen-bond donors (Lipinski definition) is 1. The maximum absolute atomic E-state index is 12.7. The van der Waals surface area contributed by atoms with Crippen LogP contribution in [0.1, 0.15) is 18.1 Å². The Morgan fingerprint density at radius 1 is 0.931 bits per heavy atom. The molecule has 7 heteroatoms. The lowest BCUT2D eigenvalue weighted by molar-refractivity contribution is -0.137. The Hall–Kier alpha value is -3.48. The molecular weight excluding hydrogens is 377 g/mol. The van der Waals surface area contributed by atoms with E-state index in [4.69, 9.17) is 0 Å². The Labute approximate surface area is 165 Å². The van der Waals surface area contributed by atoms with Crippen molar-refractivity contribution in [2.45, 2.75) is 19.5 Å². The maximum atomic E-state index is 12.7.